The van der Waals surface area contributed by atoms with Crippen LogP contribution in [0.2, 0.25) is 0 Å². The molecule has 2 unspecified atom stereocenters. The van der Waals surface area contributed by atoms with E-state index in [0.29, 0.717) is 6.10 Å². The minimum Gasteiger partial charge on any atom is -0.379 e. The lowest BCUT2D eigenvalue weighted by Gasteiger charge is -2.51. The molecular weight excluding hydrogens is 220 g/mol. The standard InChI is InChI=1S/C12H24N2OS/c1-15-11-4-2-3-5-12(11,10-13)14-6-8-16-9-7-14/h11H,2-10,13H2,1H3. The first-order chi connectivity index (χ1) is 7.83. The Labute approximate surface area is 103 Å². The Morgan fingerprint density at radius 3 is 2.75 bits per heavy atom. The highest BCUT2D eigenvalue weighted by Gasteiger charge is 2.44. The number of thioether (sulfide) groups is 1. The van der Waals surface area contributed by atoms with Crippen LogP contribution in [-0.4, -0.2) is 54.8 Å². The Hall–Kier alpha value is 0.230. The Bertz CT molecular complexity index is 221. The van der Waals surface area contributed by atoms with Crippen molar-refractivity contribution in [3.8, 4) is 0 Å². The van der Waals surface area contributed by atoms with Crippen LogP contribution in [0.1, 0.15) is 25.7 Å². The Morgan fingerprint density at radius 1 is 1.38 bits per heavy atom. The van der Waals surface area contributed by atoms with E-state index in [0.717, 1.165) is 6.54 Å². The second kappa shape index (κ2) is 5.71. The van der Waals surface area contributed by atoms with E-state index in [-0.39, 0.29) is 5.54 Å². The molecule has 0 aromatic carbocycles. The zero-order chi connectivity index (χ0) is 11.4. The number of nitrogens with zero attached hydrogens (tertiary/aromatic N) is 1. The highest BCUT2D eigenvalue weighted by atomic mass is 32.2. The van der Waals surface area contributed by atoms with Crippen LogP contribution in [0.15, 0.2) is 0 Å². The Kier molecular flexibility index (Phi) is 4.53. The van der Waals surface area contributed by atoms with Crippen molar-refractivity contribution in [3.05, 3.63) is 0 Å². The van der Waals surface area contributed by atoms with E-state index in [1.807, 2.05) is 7.11 Å². The number of hydrogen-bond donors (Lipinski definition) is 1. The van der Waals surface area contributed by atoms with Crippen LogP contribution in [0, 0.1) is 0 Å². The molecule has 1 aliphatic heterocycles. The molecule has 16 heavy (non-hydrogen) atoms. The topological polar surface area (TPSA) is 38.5 Å². The summed E-state index contributed by atoms with van der Waals surface area (Å²) in [5, 5.41) is 0. The van der Waals surface area contributed by atoms with E-state index in [1.54, 1.807) is 0 Å². The summed E-state index contributed by atoms with van der Waals surface area (Å²) in [6.07, 6.45) is 5.34. The molecule has 0 amide bonds. The summed E-state index contributed by atoms with van der Waals surface area (Å²) in [5.41, 5.74) is 6.24. The smallest absolute Gasteiger partial charge is 0.0767 e. The minimum absolute atomic E-state index is 0.133. The van der Waals surface area contributed by atoms with Crippen molar-refractivity contribution >= 4 is 11.8 Å². The Morgan fingerprint density at radius 2 is 2.12 bits per heavy atom. The zero-order valence-electron chi connectivity index (χ0n) is 10.3. The van der Waals surface area contributed by atoms with Crippen LogP contribution >= 0.6 is 11.8 Å². The molecular formula is C12H24N2OS. The molecule has 1 heterocycles. The highest BCUT2D eigenvalue weighted by Crippen LogP contribution is 2.36. The molecule has 0 aromatic rings. The van der Waals surface area contributed by atoms with Crippen LogP contribution in [-0.2, 0) is 4.74 Å². The quantitative estimate of drug-likeness (QED) is 0.813. The molecule has 2 aliphatic rings. The third-order valence-corrected chi connectivity index (χ3v) is 5.15. The van der Waals surface area contributed by atoms with Crippen molar-refractivity contribution < 1.29 is 4.74 Å². The summed E-state index contributed by atoms with van der Waals surface area (Å²) in [4.78, 5) is 2.61. The average molecular weight is 244 g/mol. The van der Waals surface area contributed by atoms with Gasteiger partial charge >= 0.3 is 0 Å². The van der Waals surface area contributed by atoms with E-state index >= 15 is 0 Å². The van der Waals surface area contributed by atoms with Gasteiger partial charge < -0.3 is 10.5 Å². The van der Waals surface area contributed by atoms with Crippen LogP contribution in [0.3, 0.4) is 0 Å². The molecule has 2 N–H and O–H groups in total. The fraction of sp³-hybridized carbons (Fsp3) is 1.00. The predicted octanol–water partition coefficient (Wildman–Crippen LogP) is 1.32. The maximum Gasteiger partial charge on any atom is 0.0767 e. The summed E-state index contributed by atoms with van der Waals surface area (Å²) in [5.74, 6) is 2.50. The normalized spacial score (nSPS) is 37.5. The average Bonchev–Trinajstić information content (AvgIpc) is 2.39. The first-order valence-corrected chi connectivity index (χ1v) is 7.54. The van der Waals surface area contributed by atoms with E-state index in [2.05, 4.69) is 16.7 Å². The Balaban J connectivity index is 2.13. The van der Waals surface area contributed by atoms with Gasteiger partial charge in [-0.15, -0.1) is 0 Å². The van der Waals surface area contributed by atoms with E-state index in [4.69, 9.17) is 10.5 Å². The monoisotopic (exact) mass is 244 g/mol. The minimum atomic E-state index is 0.133. The third-order valence-electron chi connectivity index (χ3n) is 4.20. The largest absolute Gasteiger partial charge is 0.379 e. The van der Waals surface area contributed by atoms with Crippen molar-refractivity contribution in [2.24, 2.45) is 5.73 Å². The molecule has 0 aromatic heterocycles. The first kappa shape index (κ1) is 12.7. The van der Waals surface area contributed by atoms with Gasteiger partial charge in [0.25, 0.3) is 0 Å². The van der Waals surface area contributed by atoms with Gasteiger partial charge in [-0.1, -0.05) is 12.8 Å². The van der Waals surface area contributed by atoms with Crippen LogP contribution < -0.4 is 5.73 Å². The van der Waals surface area contributed by atoms with E-state index in [9.17, 15) is 0 Å². The SMILES string of the molecule is COC1CCCCC1(CN)N1CCSCC1. The first-order valence-electron chi connectivity index (χ1n) is 6.39. The number of ether oxygens (including phenoxy) is 1. The van der Waals surface area contributed by atoms with Crippen molar-refractivity contribution in [3.63, 3.8) is 0 Å². The molecule has 1 saturated heterocycles. The molecule has 2 fully saturated rings. The van der Waals surface area contributed by atoms with Gasteiger partial charge in [0, 0.05) is 38.2 Å². The van der Waals surface area contributed by atoms with Crippen molar-refractivity contribution in [2.75, 3.05) is 38.2 Å². The second-order valence-electron chi connectivity index (χ2n) is 4.88. The molecule has 1 aliphatic carbocycles. The van der Waals surface area contributed by atoms with Gasteiger partial charge in [-0.25, -0.2) is 0 Å². The fourth-order valence-electron chi connectivity index (χ4n) is 3.26. The molecule has 94 valence electrons. The lowest BCUT2D eigenvalue weighted by molar-refractivity contribution is -0.0720. The highest BCUT2D eigenvalue weighted by molar-refractivity contribution is 7.99. The summed E-state index contributed by atoms with van der Waals surface area (Å²) < 4.78 is 5.72. The predicted molar refractivity (Wildman–Crippen MR) is 69.9 cm³/mol. The number of hydrogen-bond acceptors (Lipinski definition) is 4. The maximum atomic E-state index is 6.11. The van der Waals surface area contributed by atoms with Crippen LogP contribution in [0.5, 0.6) is 0 Å². The summed E-state index contributed by atoms with van der Waals surface area (Å²) in [7, 11) is 1.85. The maximum absolute atomic E-state index is 6.11. The van der Waals surface area contributed by atoms with Crippen LogP contribution in [0.25, 0.3) is 0 Å². The van der Waals surface area contributed by atoms with E-state index < -0.39 is 0 Å². The molecule has 3 nitrogen and oxygen atoms in total. The van der Waals surface area contributed by atoms with Crippen LogP contribution in [0.4, 0.5) is 0 Å². The summed E-state index contributed by atoms with van der Waals surface area (Å²) in [6.45, 7) is 3.11. The van der Waals surface area contributed by atoms with Gasteiger partial charge in [-0.05, 0) is 12.8 Å². The molecule has 4 heteroatoms. The van der Waals surface area contributed by atoms with Gasteiger partial charge in [0.2, 0.25) is 0 Å². The lowest BCUT2D eigenvalue weighted by Crippen LogP contribution is -2.64. The van der Waals surface area contributed by atoms with Crippen molar-refractivity contribution in [1.82, 2.24) is 4.90 Å². The van der Waals surface area contributed by atoms with Gasteiger partial charge in [-0.3, -0.25) is 4.90 Å². The molecule has 2 rings (SSSR count). The number of methoxy groups -OCH3 is 1. The molecule has 0 bridgehead atoms. The second-order valence-corrected chi connectivity index (χ2v) is 6.10. The zero-order valence-corrected chi connectivity index (χ0v) is 11.1. The summed E-state index contributed by atoms with van der Waals surface area (Å²) >= 11 is 2.06. The van der Waals surface area contributed by atoms with E-state index in [1.165, 1.54) is 50.3 Å². The molecule has 0 spiro atoms. The summed E-state index contributed by atoms with van der Waals surface area (Å²) in [6, 6.07) is 0. The molecule has 0 radical (unpaired) electrons. The van der Waals surface area contributed by atoms with Gasteiger partial charge in [-0.2, -0.15) is 11.8 Å². The van der Waals surface area contributed by atoms with Gasteiger partial charge in [0.05, 0.1) is 11.6 Å². The fourth-order valence-corrected chi connectivity index (χ4v) is 4.16. The van der Waals surface area contributed by atoms with Crippen molar-refractivity contribution in [1.29, 1.82) is 0 Å². The molecule has 2 atom stereocenters. The number of rotatable bonds is 3. The van der Waals surface area contributed by atoms with Gasteiger partial charge in [0.1, 0.15) is 0 Å². The third kappa shape index (κ3) is 2.26. The molecule has 1 saturated carbocycles. The van der Waals surface area contributed by atoms with Crippen molar-refractivity contribution in [2.45, 2.75) is 37.3 Å². The number of nitrogens with two attached hydrogens (primary N) is 1. The van der Waals surface area contributed by atoms with Gasteiger partial charge in [0.15, 0.2) is 0 Å². The lowest BCUT2D eigenvalue weighted by atomic mass is 9.77.